The Morgan fingerprint density at radius 3 is 2.64 bits per heavy atom. The molecular weight excluding hydrogens is 300 g/mol. The van der Waals surface area contributed by atoms with Crippen LogP contribution in [0, 0.1) is 0 Å². The number of benzene rings is 2. The lowest BCUT2D eigenvalue weighted by Gasteiger charge is -2.13. The van der Waals surface area contributed by atoms with Crippen molar-refractivity contribution in [2.45, 2.75) is 19.1 Å². The van der Waals surface area contributed by atoms with E-state index in [2.05, 4.69) is 10.3 Å². The van der Waals surface area contributed by atoms with Crippen molar-refractivity contribution in [3.8, 4) is 0 Å². The summed E-state index contributed by atoms with van der Waals surface area (Å²) in [5, 5.41) is 13.2. The minimum absolute atomic E-state index is 0.329. The highest BCUT2D eigenvalue weighted by Crippen LogP contribution is 2.27. The van der Waals surface area contributed by atoms with Crippen LogP contribution >= 0.6 is 11.6 Å². The summed E-state index contributed by atoms with van der Waals surface area (Å²) in [7, 11) is 0. The van der Waals surface area contributed by atoms with Crippen LogP contribution in [0.3, 0.4) is 0 Å². The Hall–Kier alpha value is -2.17. The first-order valence-corrected chi connectivity index (χ1v) is 7.36. The summed E-state index contributed by atoms with van der Waals surface area (Å²) in [6.45, 7) is 1.55. The van der Waals surface area contributed by atoms with Gasteiger partial charge < -0.3 is 10.4 Å². The number of hydrogen-bond acceptors (Lipinski definition) is 3. The number of amides is 1. The van der Waals surface area contributed by atoms with Gasteiger partial charge in [-0.25, -0.2) is 0 Å². The van der Waals surface area contributed by atoms with E-state index in [0.29, 0.717) is 16.4 Å². The highest BCUT2D eigenvalue weighted by Gasteiger charge is 2.29. The van der Waals surface area contributed by atoms with E-state index in [1.165, 1.54) is 0 Å². The minimum Gasteiger partial charge on any atom is -0.391 e. The monoisotopic (exact) mass is 314 g/mol. The highest BCUT2D eigenvalue weighted by atomic mass is 35.5. The summed E-state index contributed by atoms with van der Waals surface area (Å²) in [4.78, 5) is 16.8. The zero-order valence-electron chi connectivity index (χ0n) is 12.0. The molecule has 0 aromatic heterocycles. The van der Waals surface area contributed by atoms with Crippen molar-refractivity contribution < 1.29 is 9.90 Å². The van der Waals surface area contributed by atoms with Gasteiger partial charge in [-0.05, 0) is 25.1 Å². The number of carbonyl (C=O) groups excluding carboxylic acids is 1. The Morgan fingerprint density at radius 1 is 1.23 bits per heavy atom. The zero-order valence-corrected chi connectivity index (χ0v) is 12.7. The molecule has 2 aromatic rings. The number of aliphatic imine (C=N–C) groups is 1. The second kappa shape index (κ2) is 5.91. The first kappa shape index (κ1) is 14.8. The van der Waals surface area contributed by atoms with Crippen LogP contribution in [-0.4, -0.2) is 28.9 Å². The predicted molar refractivity (Wildman–Crippen MR) is 87.6 cm³/mol. The first-order chi connectivity index (χ1) is 10.6. The summed E-state index contributed by atoms with van der Waals surface area (Å²) in [5.41, 5.74) is 2.89. The van der Waals surface area contributed by atoms with E-state index < -0.39 is 12.1 Å². The van der Waals surface area contributed by atoms with Crippen molar-refractivity contribution in [3.63, 3.8) is 0 Å². The lowest BCUT2D eigenvalue weighted by atomic mass is 10.0. The summed E-state index contributed by atoms with van der Waals surface area (Å²) in [5.74, 6) is -0.329. The van der Waals surface area contributed by atoms with E-state index in [0.717, 1.165) is 11.1 Å². The SMILES string of the molecule is CC(O)C1N=C(c2ccccc2)c2cc(Cl)ccc2NC1=O. The molecule has 2 unspecified atom stereocenters. The maximum absolute atomic E-state index is 12.3. The van der Waals surface area contributed by atoms with E-state index >= 15 is 0 Å². The van der Waals surface area contributed by atoms with Gasteiger partial charge in [0.1, 0.15) is 0 Å². The van der Waals surface area contributed by atoms with E-state index in [1.807, 2.05) is 30.3 Å². The summed E-state index contributed by atoms with van der Waals surface area (Å²) >= 11 is 6.10. The highest BCUT2D eigenvalue weighted by molar-refractivity contribution is 6.32. The third kappa shape index (κ3) is 2.75. The number of rotatable bonds is 2. The van der Waals surface area contributed by atoms with Gasteiger partial charge in [0.25, 0.3) is 5.91 Å². The number of halogens is 1. The van der Waals surface area contributed by atoms with Crippen LogP contribution in [0.5, 0.6) is 0 Å². The van der Waals surface area contributed by atoms with Crippen molar-refractivity contribution >= 4 is 28.9 Å². The molecule has 2 atom stereocenters. The molecule has 3 rings (SSSR count). The van der Waals surface area contributed by atoms with Crippen molar-refractivity contribution in [2.75, 3.05) is 5.32 Å². The number of nitrogens with zero attached hydrogens (tertiary/aromatic N) is 1. The molecule has 112 valence electrons. The fourth-order valence-electron chi connectivity index (χ4n) is 2.45. The number of anilines is 1. The molecule has 2 N–H and O–H groups in total. The number of benzodiazepines with no additional fused rings is 1. The molecule has 5 heteroatoms. The number of aliphatic hydroxyl groups excluding tert-OH is 1. The van der Waals surface area contributed by atoms with Crippen LogP contribution in [0.15, 0.2) is 53.5 Å². The third-order valence-corrected chi connectivity index (χ3v) is 3.77. The van der Waals surface area contributed by atoms with Crippen molar-refractivity contribution in [1.29, 1.82) is 0 Å². The molecule has 2 aromatic carbocycles. The molecule has 1 amide bonds. The molecule has 0 radical (unpaired) electrons. The predicted octanol–water partition coefficient (Wildman–Crippen LogP) is 2.88. The standard InChI is InChI=1S/C17H15ClN2O2/c1-10(21)15-17(22)19-14-8-7-12(18)9-13(14)16(20-15)11-5-3-2-4-6-11/h2-10,15,21H,1H3,(H,19,22). The van der Waals surface area contributed by atoms with Crippen LogP contribution in [0.25, 0.3) is 0 Å². The lowest BCUT2D eigenvalue weighted by molar-refractivity contribution is -0.119. The maximum atomic E-state index is 12.3. The Kier molecular flexibility index (Phi) is 3.96. The summed E-state index contributed by atoms with van der Waals surface area (Å²) in [6.07, 6.45) is -0.886. The maximum Gasteiger partial charge on any atom is 0.251 e. The number of nitrogens with one attached hydrogen (secondary N) is 1. The molecular formula is C17H15ClN2O2. The van der Waals surface area contributed by atoms with Gasteiger partial charge in [0.15, 0.2) is 6.04 Å². The number of carbonyl (C=O) groups is 1. The van der Waals surface area contributed by atoms with Gasteiger partial charge in [0.2, 0.25) is 0 Å². The molecule has 22 heavy (non-hydrogen) atoms. The molecule has 0 saturated heterocycles. The Labute approximate surface area is 133 Å². The van der Waals surface area contributed by atoms with Gasteiger partial charge in [-0.3, -0.25) is 9.79 Å². The van der Waals surface area contributed by atoms with E-state index in [-0.39, 0.29) is 5.91 Å². The Morgan fingerprint density at radius 2 is 1.95 bits per heavy atom. The first-order valence-electron chi connectivity index (χ1n) is 6.98. The molecule has 1 heterocycles. The molecule has 0 aliphatic carbocycles. The smallest absolute Gasteiger partial charge is 0.251 e. The second-order valence-electron chi connectivity index (χ2n) is 5.21. The third-order valence-electron chi connectivity index (χ3n) is 3.54. The Bertz CT molecular complexity index is 742. The molecule has 0 saturated carbocycles. The van der Waals surface area contributed by atoms with Gasteiger partial charge in [-0.2, -0.15) is 0 Å². The van der Waals surface area contributed by atoms with Crippen LogP contribution in [0.2, 0.25) is 5.02 Å². The molecule has 1 aliphatic rings. The van der Waals surface area contributed by atoms with Crippen LogP contribution in [-0.2, 0) is 4.79 Å². The van der Waals surface area contributed by atoms with Crippen molar-refractivity contribution in [2.24, 2.45) is 4.99 Å². The largest absolute Gasteiger partial charge is 0.391 e. The number of aliphatic hydroxyl groups is 1. The molecule has 0 fully saturated rings. The fraction of sp³-hybridized carbons (Fsp3) is 0.176. The van der Waals surface area contributed by atoms with Gasteiger partial charge in [0, 0.05) is 16.1 Å². The average molecular weight is 315 g/mol. The Balaban J connectivity index is 2.23. The average Bonchev–Trinajstić information content (AvgIpc) is 2.64. The molecule has 4 nitrogen and oxygen atoms in total. The quantitative estimate of drug-likeness (QED) is 0.895. The van der Waals surface area contributed by atoms with Crippen LogP contribution in [0.1, 0.15) is 18.1 Å². The zero-order chi connectivity index (χ0) is 15.7. The topological polar surface area (TPSA) is 61.7 Å². The normalized spacial score (nSPS) is 18.8. The molecule has 0 spiro atoms. The van der Waals surface area contributed by atoms with Crippen LogP contribution in [0.4, 0.5) is 5.69 Å². The molecule has 0 bridgehead atoms. The minimum atomic E-state index is -0.886. The van der Waals surface area contributed by atoms with E-state index in [1.54, 1.807) is 25.1 Å². The van der Waals surface area contributed by atoms with Crippen molar-refractivity contribution in [1.82, 2.24) is 0 Å². The van der Waals surface area contributed by atoms with Crippen LogP contribution < -0.4 is 5.32 Å². The van der Waals surface area contributed by atoms with E-state index in [4.69, 9.17) is 11.6 Å². The van der Waals surface area contributed by atoms with Gasteiger partial charge in [-0.15, -0.1) is 0 Å². The summed E-state index contributed by atoms with van der Waals surface area (Å²) < 4.78 is 0. The summed E-state index contributed by atoms with van der Waals surface area (Å²) in [6, 6.07) is 13.9. The number of fused-ring (bicyclic) bond motifs is 1. The fourth-order valence-corrected chi connectivity index (χ4v) is 2.62. The lowest BCUT2D eigenvalue weighted by Crippen LogP contribution is -2.34. The van der Waals surface area contributed by atoms with Gasteiger partial charge >= 0.3 is 0 Å². The van der Waals surface area contributed by atoms with Crippen molar-refractivity contribution in [3.05, 3.63) is 64.7 Å². The van der Waals surface area contributed by atoms with E-state index in [9.17, 15) is 9.90 Å². The van der Waals surface area contributed by atoms with Gasteiger partial charge in [0.05, 0.1) is 17.5 Å². The molecule has 1 aliphatic heterocycles. The second-order valence-corrected chi connectivity index (χ2v) is 5.64. The number of hydrogen-bond donors (Lipinski definition) is 2. The van der Waals surface area contributed by atoms with Gasteiger partial charge in [-0.1, -0.05) is 41.9 Å².